The van der Waals surface area contributed by atoms with Crippen LogP contribution in [0.2, 0.25) is 0 Å². The average Bonchev–Trinajstić information content (AvgIpc) is 3.08. The van der Waals surface area contributed by atoms with E-state index in [4.69, 9.17) is 6.85 Å². The van der Waals surface area contributed by atoms with E-state index < -0.39 is 6.04 Å². The van der Waals surface area contributed by atoms with E-state index in [9.17, 15) is 0 Å². The Morgan fingerprint density at radius 2 is 1.22 bits per heavy atom. The number of fused-ring (bicyclic) bond motifs is 1. The Hall–Kier alpha value is -4.30. The van der Waals surface area contributed by atoms with Crippen LogP contribution >= 0.6 is 0 Å². The molecule has 0 radical (unpaired) electrons. The van der Waals surface area contributed by atoms with Crippen LogP contribution in [-0.2, 0) is 21.7 Å². The molecule has 2 heteroatoms. The third-order valence-corrected chi connectivity index (χ3v) is 10.3. The zero-order chi connectivity index (χ0) is 39.7. The molecule has 1 N–H and O–H groups in total. The highest BCUT2D eigenvalue weighted by molar-refractivity contribution is 5.90. The number of benzene rings is 5. The molecule has 254 valence electrons. The second-order valence-electron chi connectivity index (χ2n) is 17.3. The monoisotopic (exact) mass is 653 g/mol. The minimum absolute atomic E-state index is 0.0317. The van der Waals surface area contributed by atoms with E-state index in [0.29, 0.717) is 5.56 Å². The Morgan fingerprint density at radius 3 is 1.86 bits per heavy atom. The van der Waals surface area contributed by atoms with Crippen molar-refractivity contribution in [2.45, 2.75) is 111 Å². The van der Waals surface area contributed by atoms with Gasteiger partial charge in [0.2, 0.25) is 0 Å². The van der Waals surface area contributed by atoms with Crippen LogP contribution in [0, 0.1) is 6.92 Å². The maximum atomic E-state index is 9.11. The van der Waals surface area contributed by atoms with Gasteiger partial charge in [-0.15, -0.1) is 0 Å². The van der Waals surface area contributed by atoms with Crippen LogP contribution in [0.5, 0.6) is 0 Å². The zero-order valence-electron chi connectivity index (χ0n) is 36.4. The molecule has 5 aromatic rings. The topological polar surface area (TPSA) is 15.3 Å². The molecule has 1 aliphatic rings. The second-order valence-corrected chi connectivity index (χ2v) is 17.3. The summed E-state index contributed by atoms with van der Waals surface area (Å²) in [6, 6.07) is 26.5. The van der Waals surface area contributed by atoms with Gasteiger partial charge in [0.15, 0.2) is 0 Å². The second kappa shape index (κ2) is 12.5. The predicted molar refractivity (Wildman–Crippen MR) is 214 cm³/mol. The van der Waals surface area contributed by atoms with Crippen LogP contribution in [0.15, 0.2) is 109 Å². The number of hydrogen-bond acceptors (Lipinski definition) is 2. The van der Waals surface area contributed by atoms with E-state index in [-0.39, 0.29) is 51.4 Å². The van der Waals surface area contributed by atoms with E-state index in [2.05, 4.69) is 159 Å². The largest absolute Gasteiger partial charge is 0.355 e. The maximum Gasteiger partial charge on any atom is 0.0629 e. The predicted octanol–water partition coefficient (Wildman–Crippen LogP) is 13.8. The molecule has 0 bridgehead atoms. The van der Waals surface area contributed by atoms with Crippen LogP contribution in [0.3, 0.4) is 0 Å². The molecule has 0 unspecified atom stereocenters. The quantitative estimate of drug-likeness (QED) is 0.196. The van der Waals surface area contributed by atoms with E-state index in [1.807, 2.05) is 6.07 Å². The molecule has 0 fully saturated rings. The van der Waals surface area contributed by atoms with Crippen molar-refractivity contribution in [3.05, 3.63) is 137 Å². The summed E-state index contributed by atoms with van der Waals surface area (Å²) >= 11 is 0. The standard InChI is InChI=1S/C47H56N2/c1-32-27-37(48-36-20-17-34(18-21-36)44(2,3)4)30-39(28-32)49(38-22-23-41-42(31-38)47(10,11)26-25-46(41,8)9)43-24-19-35(45(5,6)7)29-40(43)33-15-13-12-14-16-33/h12-24,27-31,48H,25-26H2,1-11H3/i12D,13D,14D,15D,16D. The zero-order valence-corrected chi connectivity index (χ0v) is 31.4. The fourth-order valence-electron chi connectivity index (χ4n) is 7.11. The van der Waals surface area contributed by atoms with Crippen molar-refractivity contribution in [3.63, 3.8) is 0 Å². The molecule has 5 aromatic carbocycles. The average molecular weight is 654 g/mol. The molecule has 0 spiro atoms. The van der Waals surface area contributed by atoms with Crippen LogP contribution in [0.25, 0.3) is 11.1 Å². The van der Waals surface area contributed by atoms with Gasteiger partial charge in [-0.3, -0.25) is 0 Å². The first-order valence-electron chi connectivity index (χ1n) is 20.2. The molecule has 2 nitrogen and oxygen atoms in total. The highest BCUT2D eigenvalue weighted by Gasteiger charge is 2.37. The van der Waals surface area contributed by atoms with Gasteiger partial charge in [0.1, 0.15) is 0 Å². The van der Waals surface area contributed by atoms with Crippen molar-refractivity contribution in [2.24, 2.45) is 0 Å². The van der Waals surface area contributed by atoms with Crippen LogP contribution in [0.4, 0.5) is 28.4 Å². The number of hydrogen-bond donors (Lipinski definition) is 1. The highest BCUT2D eigenvalue weighted by atomic mass is 15.1. The maximum absolute atomic E-state index is 9.11. The van der Waals surface area contributed by atoms with E-state index >= 15 is 0 Å². The summed E-state index contributed by atoms with van der Waals surface area (Å²) in [5.74, 6) is 0. The molecule has 0 aliphatic heterocycles. The van der Waals surface area contributed by atoms with E-state index in [0.717, 1.165) is 52.4 Å². The lowest BCUT2D eigenvalue weighted by Gasteiger charge is -2.42. The van der Waals surface area contributed by atoms with Crippen molar-refractivity contribution < 1.29 is 6.85 Å². The summed E-state index contributed by atoms with van der Waals surface area (Å²) < 4.78 is 43.9. The van der Waals surface area contributed by atoms with Crippen molar-refractivity contribution in [1.29, 1.82) is 0 Å². The Kier molecular flexibility index (Phi) is 7.30. The number of anilines is 5. The van der Waals surface area contributed by atoms with Crippen molar-refractivity contribution in [3.8, 4) is 11.1 Å². The van der Waals surface area contributed by atoms with Crippen LogP contribution in [0.1, 0.15) is 117 Å². The van der Waals surface area contributed by atoms with Gasteiger partial charge in [0.05, 0.1) is 12.5 Å². The lowest BCUT2D eigenvalue weighted by molar-refractivity contribution is 0.332. The third-order valence-electron chi connectivity index (χ3n) is 10.3. The smallest absolute Gasteiger partial charge is 0.0629 e. The molecule has 0 saturated carbocycles. The summed E-state index contributed by atoms with van der Waals surface area (Å²) in [5, 5.41) is 3.65. The summed E-state index contributed by atoms with van der Waals surface area (Å²) in [6.45, 7) is 24.4. The number of nitrogens with one attached hydrogen (secondary N) is 1. The minimum Gasteiger partial charge on any atom is -0.355 e. The fraction of sp³-hybridized carbons (Fsp3) is 0.362. The lowest BCUT2D eigenvalue weighted by atomic mass is 9.63. The minimum atomic E-state index is -0.399. The van der Waals surface area contributed by atoms with Crippen molar-refractivity contribution in [1.82, 2.24) is 0 Å². The van der Waals surface area contributed by atoms with Gasteiger partial charge in [-0.25, -0.2) is 0 Å². The fourth-order valence-corrected chi connectivity index (χ4v) is 7.11. The lowest BCUT2D eigenvalue weighted by Crippen LogP contribution is -2.34. The van der Waals surface area contributed by atoms with Gasteiger partial charge in [-0.05, 0) is 129 Å². The van der Waals surface area contributed by atoms with Gasteiger partial charge in [-0.1, -0.05) is 124 Å². The molecule has 0 heterocycles. The Balaban J connectivity index is 1.65. The Morgan fingerprint density at radius 1 is 0.612 bits per heavy atom. The molecular weight excluding hydrogens is 593 g/mol. The van der Waals surface area contributed by atoms with Gasteiger partial charge < -0.3 is 10.2 Å². The number of rotatable bonds is 6. The summed E-state index contributed by atoms with van der Waals surface area (Å²) in [6.07, 6.45) is 2.17. The number of nitrogens with zero attached hydrogens (tertiary/aromatic N) is 1. The first kappa shape index (κ1) is 28.5. The van der Waals surface area contributed by atoms with Gasteiger partial charge in [-0.2, -0.15) is 0 Å². The van der Waals surface area contributed by atoms with E-state index in [1.54, 1.807) is 0 Å². The van der Waals surface area contributed by atoms with Crippen molar-refractivity contribution >= 4 is 28.4 Å². The highest BCUT2D eigenvalue weighted by Crippen LogP contribution is 2.49. The third kappa shape index (κ3) is 7.20. The van der Waals surface area contributed by atoms with E-state index in [1.165, 1.54) is 16.7 Å². The molecule has 0 amide bonds. The molecule has 1 aliphatic carbocycles. The summed E-state index contributed by atoms with van der Waals surface area (Å²) in [5.41, 5.74) is 11.0. The van der Waals surface area contributed by atoms with Gasteiger partial charge in [0.25, 0.3) is 0 Å². The van der Waals surface area contributed by atoms with Crippen LogP contribution in [-0.4, -0.2) is 0 Å². The molecule has 0 saturated heterocycles. The van der Waals surface area contributed by atoms with Gasteiger partial charge in [0, 0.05) is 28.3 Å². The number of aryl methyl sites for hydroxylation is 1. The van der Waals surface area contributed by atoms with Gasteiger partial charge >= 0.3 is 0 Å². The molecular formula is C47H56N2. The molecule has 49 heavy (non-hydrogen) atoms. The van der Waals surface area contributed by atoms with Crippen LogP contribution < -0.4 is 10.2 Å². The summed E-state index contributed by atoms with van der Waals surface area (Å²) in [7, 11) is 0. The Bertz CT molecular complexity index is 2210. The SMILES string of the molecule is [2H]c1c([2H])c([2H])c(-c2cc(C(C)(C)C)ccc2N(c2cc(C)cc(Nc3ccc(C(C)(C)C)cc3)c2)c2ccc3c(c2)C(C)(C)CCC3(C)C)c([2H])c1[2H]. The van der Waals surface area contributed by atoms with Crippen molar-refractivity contribution in [2.75, 3.05) is 10.2 Å². The molecule has 6 rings (SSSR count). The Labute approximate surface area is 303 Å². The first-order chi connectivity index (χ1) is 25.0. The molecule has 0 aromatic heterocycles. The first-order valence-corrected chi connectivity index (χ1v) is 17.7. The summed E-state index contributed by atoms with van der Waals surface area (Å²) in [4.78, 5) is 2.21. The molecule has 0 atom stereocenters. The normalized spacial score (nSPS) is 16.8.